The Morgan fingerprint density at radius 1 is 1.28 bits per heavy atom. The largest absolute Gasteiger partial charge is 0.382 e. The van der Waals surface area contributed by atoms with Crippen LogP contribution in [0.1, 0.15) is 11.1 Å². The number of benzene rings is 1. The summed E-state index contributed by atoms with van der Waals surface area (Å²) in [6, 6.07) is 6.13. The van der Waals surface area contributed by atoms with Gasteiger partial charge in [0.25, 0.3) is 0 Å². The Bertz CT molecular complexity index is 660. The first kappa shape index (κ1) is 11.8. The van der Waals surface area contributed by atoms with Crippen molar-refractivity contribution >= 4 is 11.8 Å². The van der Waals surface area contributed by atoms with E-state index in [1.54, 1.807) is 13.0 Å². The zero-order chi connectivity index (χ0) is 13.3. The monoisotopic (exact) mass is 243 g/mol. The van der Waals surface area contributed by atoms with Crippen LogP contribution in [0.3, 0.4) is 0 Å². The predicted octanol–water partition coefficient (Wildman–Crippen LogP) is 1.63. The highest BCUT2D eigenvalue weighted by atomic mass is 19.1. The third-order valence-corrected chi connectivity index (χ3v) is 2.52. The number of nitrogens with two attached hydrogens (primary N) is 2. The summed E-state index contributed by atoms with van der Waals surface area (Å²) in [4.78, 5) is 7.69. The Hall–Kier alpha value is -2.68. The zero-order valence-corrected chi connectivity index (χ0v) is 9.61. The van der Waals surface area contributed by atoms with Crippen LogP contribution in [0.4, 0.5) is 16.2 Å². The fourth-order valence-electron chi connectivity index (χ4n) is 1.65. The highest BCUT2D eigenvalue weighted by Gasteiger charge is 2.15. The minimum absolute atomic E-state index is 0.0105. The van der Waals surface area contributed by atoms with Gasteiger partial charge >= 0.3 is 0 Å². The van der Waals surface area contributed by atoms with Gasteiger partial charge in [0.15, 0.2) is 0 Å². The molecule has 0 amide bonds. The van der Waals surface area contributed by atoms with Gasteiger partial charge in [0.05, 0.1) is 5.69 Å². The van der Waals surface area contributed by atoms with E-state index in [0.717, 1.165) is 5.56 Å². The van der Waals surface area contributed by atoms with Crippen molar-refractivity contribution in [1.29, 1.82) is 5.26 Å². The molecule has 1 aromatic carbocycles. The second-order valence-corrected chi connectivity index (χ2v) is 3.76. The maximum Gasteiger partial charge on any atom is 0.222 e. The molecule has 1 aromatic heterocycles. The van der Waals surface area contributed by atoms with Crippen molar-refractivity contribution < 1.29 is 4.39 Å². The molecule has 18 heavy (non-hydrogen) atoms. The van der Waals surface area contributed by atoms with Crippen molar-refractivity contribution in [3.63, 3.8) is 0 Å². The number of nitrogen functional groups attached to an aromatic ring is 2. The Kier molecular flexibility index (Phi) is 2.81. The van der Waals surface area contributed by atoms with E-state index in [0.29, 0.717) is 5.56 Å². The van der Waals surface area contributed by atoms with Gasteiger partial charge in [-0.25, -0.2) is 9.37 Å². The lowest BCUT2D eigenvalue weighted by molar-refractivity contribution is 0.628. The molecule has 2 aromatic rings. The average Bonchev–Trinajstić information content (AvgIpc) is 2.31. The molecule has 4 N–H and O–H groups in total. The molecule has 0 unspecified atom stereocenters. The maximum atomic E-state index is 13.3. The topological polar surface area (TPSA) is 102 Å². The van der Waals surface area contributed by atoms with Crippen molar-refractivity contribution in [3.8, 4) is 17.3 Å². The molecule has 1 heterocycles. The summed E-state index contributed by atoms with van der Waals surface area (Å²) in [7, 11) is 0. The fraction of sp³-hybridized carbons (Fsp3) is 0.0833. The summed E-state index contributed by atoms with van der Waals surface area (Å²) in [5.74, 6) is -0.482. The molecule has 6 heteroatoms. The number of halogens is 1. The summed E-state index contributed by atoms with van der Waals surface area (Å²) in [6.07, 6.45) is 0. The standard InChI is InChI=1S/C12H10FN5/c1-6-2-3-7(13)4-8(6)10-9(5-14)11(15)18-12(16)17-10/h2-4H,1H3,(H4,15,16,17,18). The van der Waals surface area contributed by atoms with E-state index in [4.69, 9.17) is 16.7 Å². The van der Waals surface area contributed by atoms with E-state index in [9.17, 15) is 4.39 Å². The Balaban J connectivity index is 2.78. The summed E-state index contributed by atoms with van der Waals surface area (Å²) < 4.78 is 13.3. The number of nitrogens with zero attached hydrogens (tertiary/aromatic N) is 3. The average molecular weight is 243 g/mol. The molecule has 0 aliphatic carbocycles. The van der Waals surface area contributed by atoms with Gasteiger partial charge in [-0.1, -0.05) is 6.07 Å². The molecule has 0 bridgehead atoms. The molecular weight excluding hydrogens is 233 g/mol. The van der Waals surface area contributed by atoms with Gasteiger partial charge in [-0.15, -0.1) is 0 Å². The normalized spacial score (nSPS) is 10.1. The highest BCUT2D eigenvalue weighted by molar-refractivity contribution is 5.75. The van der Waals surface area contributed by atoms with E-state index in [1.807, 2.05) is 6.07 Å². The van der Waals surface area contributed by atoms with Gasteiger partial charge < -0.3 is 11.5 Å². The molecule has 0 saturated carbocycles. The second kappa shape index (κ2) is 4.30. The molecule has 0 fully saturated rings. The van der Waals surface area contributed by atoms with Crippen molar-refractivity contribution in [3.05, 3.63) is 35.1 Å². The second-order valence-electron chi connectivity index (χ2n) is 3.76. The maximum absolute atomic E-state index is 13.3. The van der Waals surface area contributed by atoms with Crippen LogP contribution in [0.15, 0.2) is 18.2 Å². The lowest BCUT2D eigenvalue weighted by atomic mass is 10.0. The van der Waals surface area contributed by atoms with Crippen LogP contribution >= 0.6 is 0 Å². The van der Waals surface area contributed by atoms with E-state index in [1.165, 1.54) is 12.1 Å². The molecule has 90 valence electrons. The van der Waals surface area contributed by atoms with Crippen molar-refractivity contribution in [2.75, 3.05) is 11.5 Å². The van der Waals surface area contributed by atoms with Crippen molar-refractivity contribution in [2.45, 2.75) is 6.92 Å². The van der Waals surface area contributed by atoms with Gasteiger partial charge in [-0.2, -0.15) is 10.2 Å². The number of anilines is 2. The number of rotatable bonds is 1. The molecule has 2 rings (SSSR count). The first-order chi connectivity index (χ1) is 8.52. The van der Waals surface area contributed by atoms with Gasteiger partial charge in [0.2, 0.25) is 5.95 Å². The van der Waals surface area contributed by atoms with Gasteiger partial charge in [0, 0.05) is 5.56 Å². The quantitative estimate of drug-likeness (QED) is 0.792. The Labute approximate surface area is 103 Å². The first-order valence-electron chi connectivity index (χ1n) is 5.12. The van der Waals surface area contributed by atoms with E-state index in [2.05, 4.69) is 9.97 Å². The van der Waals surface area contributed by atoms with Gasteiger partial charge in [0.1, 0.15) is 23.3 Å². The van der Waals surface area contributed by atoms with Gasteiger partial charge in [-0.05, 0) is 24.6 Å². The molecular formula is C12H10FN5. The lowest BCUT2D eigenvalue weighted by Gasteiger charge is -2.09. The Morgan fingerprint density at radius 3 is 2.67 bits per heavy atom. The van der Waals surface area contributed by atoms with Crippen LogP contribution in [0.5, 0.6) is 0 Å². The van der Waals surface area contributed by atoms with Crippen LogP contribution in [-0.4, -0.2) is 9.97 Å². The smallest absolute Gasteiger partial charge is 0.222 e. The molecule has 0 spiro atoms. The van der Waals surface area contributed by atoms with E-state index in [-0.39, 0.29) is 23.0 Å². The molecule has 0 saturated heterocycles. The van der Waals surface area contributed by atoms with E-state index >= 15 is 0 Å². The van der Waals surface area contributed by atoms with Gasteiger partial charge in [-0.3, -0.25) is 0 Å². The first-order valence-corrected chi connectivity index (χ1v) is 5.12. The SMILES string of the molecule is Cc1ccc(F)cc1-c1nc(N)nc(N)c1C#N. The summed E-state index contributed by atoms with van der Waals surface area (Å²) in [5.41, 5.74) is 12.7. The number of nitriles is 1. The molecule has 5 nitrogen and oxygen atoms in total. The highest BCUT2D eigenvalue weighted by Crippen LogP contribution is 2.28. The molecule has 0 atom stereocenters. The predicted molar refractivity (Wildman–Crippen MR) is 65.7 cm³/mol. The summed E-state index contributed by atoms with van der Waals surface area (Å²) >= 11 is 0. The lowest BCUT2D eigenvalue weighted by Crippen LogP contribution is -2.05. The van der Waals surface area contributed by atoms with Crippen molar-refractivity contribution in [2.24, 2.45) is 0 Å². The minimum Gasteiger partial charge on any atom is -0.382 e. The Morgan fingerprint density at radius 2 is 2.00 bits per heavy atom. The molecule has 0 radical (unpaired) electrons. The van der Waals surface area contributed by atoms with Crippen LogP contribution in [-0.2, 0) is 0 Å². The van der Waals surface area contributed by atoms with E-state index < -0.39 is 5.82 Å². The molecule has 0 aliphatic rings. The van der Waals surface area contributed by atoms with Crippen LogP contribution in [0.25, 0.3) is 11.3 Å². The number of aromatic nitrogens is 2. The van der Waals surface area contributed by atoms with Crippen LogP contribution in [0, 0.1) is 24.1 Å². The zero-order valence-electron chi connectivity index (χ0n) is 9.61. The van der Waals surface area contributed by atoms with Crippen LogP contribution < -0.4 is 11.5 Å². The number of aryl methyl sites for hydroxylation is 1. The van der Waals surface area contributed by atoms with Crippen LogP contribution in [0.2, 0.25) is 0 Å². The number of hydrogen-bond acceptors (Lipinski definition) is 5. The third-order valence-electron chi connectivity index (χ3n) is 2.52. The van der Waals surface area contributed by atoms with Crippen molar-refractivity contribution in [1.82, 2.24) is 9.97 Å². The fourth-order valence-corrected chi connectivity index (χ4v) is 1.65. The summed E-state index contributed by atoms with van der Waals surface area (Å²) in [5, 5.41) is 9.07. The summed E-state index contributed by atoms with van der Waals surface area (Å²) in [6.45, 7) is 1.78. The third kappa shape index (κ3) is 1.94. The number of hydrogen-bond donors (Lipinski definition) is 2. The minimum atomic E-state index is -0.421. The molecule has 0 aliphatic heterocycles.